The van der Waals surface area contributed by atoms with Crippen LogP contribution in [-0.2, 0) is 0 Å². The van der Waals surface area contributed by atoms with Crippen LogP contribution < -0.4 is 5.32 Å². The lowest BCUT2D eigenvalue weighted by molar-refractivity contribution is 1.17. The molecule has 0 spiro atoms. The largest absolute Gasteiger partial charge is 0.355 e. The van der Waals surface area contributed by atoms with Crippen LogP contribution in [0.1, 0.15) is 11.3 Å². The number of pyridine rings is 1. The van der Waals surface area contributed by atoms with Gasteiger partial charge in [0.2, 0.25) is 0 Å². The number of anilines is 2. The molecule has 2 rings (SSSR count). The number of nitrogens with one attached hydrogen (secondary N) is 1. The fraction of sp³-hybridized carbons (Fsp3) is 0.154. The van der Waals surface area contributed by atoms with Crippen LogP contribution in [0.4, 0.5) is 11.4 Å². The van der Waals surface area contributed by atoms with Gasteiger partial charge in [0, 0.05) is 23.3 Å². The summed E-state index contributed by atoms with van der Waals surface area (Å²) in [5.74, 6) is 0. The first-order valence-electron chi connectivity index (χ1n) is 5.01. The van der Waals surface area contributed by atoms with Gasteiger partial charge >= 0.3 is 0 Å². The first kappa shape index (κ1) is 9.71. The van der Waals surface area contributed by atoms with E-state index in [2.05, 4.69) is 35.4 Å². The number of hydrogen-bond acceptors (Lipinski definition) is 2. The molecule has 0 saturated carbocycles. The Hall–Kier alpha value is -1.83. The van der Waals surface area contributed by atoms with Gasteiger partial charge in [-0.3, -0.25) is 4.98 Å². The number of benzene rings is 1. The Morgan fingerprint density at radius 1 is 1.07 bits per heavy atom. The summed E-state index contributed by atoms with van der Waals surface area (Å²) in [6.45, 7) is 4.05. The summed E-state index contributed by atoms with van der Waals surface area (Å²) in [5.41, 5.74) is 4.41. The smallest absolute Gasteiger partial charge is 0.0447 e. The second-order valence-electron chi connectivity index (χ2n) is 3.63. The highest BCUT2D eigenvalue weighted by atomic mass is 14.9. The standard InChI is InChI=1S/C13H14N2/c1-10-9-14-11(2)8-13(10)15-12-6-4-3-5-7-12/h3-9H,1-2H3,(H,14,15). The maximum absolute atomic E-state index is 4.24. The molecule has 15 heavy (non-hydrogen) atoms. The van der Waals surface area contributed by atoms with Crippen molar-refractivity contribution in [3.63, 3.8) is 0 Å². The number of para-hydroxylation sites is 1. The molecular weight excluding hydrogens is 184 g/mol. The zero-order valence-electron chi connectivity index (χ0n) is 8.99. The van der Waals surface area contributed by atoms with Crippen LogP contribution >= 0.6 is 0 Å². The van der Waals surface area contributed by atoms with Crippen LogP contribution in [0.25, 0.3) is 0 Å². The van der Waals surface area contributed by atoms with E-state index in [1.807, 2.05) is 31.3 Å². The van der Waals surface area contributed by atoms with E-state index in [1.165, 1.54) is 0 Å². The summed E-state index contributed by atoms with van der Waals surface area (Å²) in [6.07, 6.45) is 1.89. The predicted molar refractivity (Wildman–Crippen MR) is 63.4 cm³/mol. The minimum absolute atomic E-state index is 1.03. The molecule has 1 aromatic heterocycles. The van der Waals surface area contributed by atoms with E-state index in [9.17, 15) is 0 Å². The monoisotopic (exact) mass is 198 g/mol. The molecular formula is C13H14N2. The van der Waals surface area contributed by atoms with E-state index in [0.29, 0.717) is 0 Å². The van der Waals surface area contributed by atoms with Gasteiger partial charge in [-0.05, 0) is 37.6 Å². The van der Waals surface area contributed by atoms with E-state index in [1.54, 1.807) is 0 Å². The number of aromatic nitrogens is 1. The molecule has 76 valence electrons. The molecule has 0 saturated heterocycles. The maximum Gasteiger partial charge on any atom is 0.0447 e. The highest BCUT2D eigenvalue weighted by Gasteiger charge is 1.99. The second-order valence-corrected chi connectivity index (χ2v) is 3.63. The number of hydrogen-bond donors (Lipinski definition) is 1. The van der Waals surface area contributed by atoms with Crippen molar-refractivity contribution in [1.82, 2.24) is 4.98 Å². The number of rotatable bonds is 2. The van der Waals surface area contributed by atoms with Gasteiger partial charge < -0.3 is 5.32 Å². The molecule has 0 aliphatic carbocycles. The summed E-state index contributed by atoms with van der Waals surface area (Å²) >= 11 is 0. The molecule has 2 nitrogen and oxygen atoms in total. The summed E-state index contributed by atoms with van der Waals surface area (Å²) in [6, 6.07) is 12.2. The summed E-state index contributed by atoms with van der Waals surface area (Å²) in [7, 11) is 0. The average molecular weight is 198 g/mol. The minimum atomic E-state index is 1.03. The highest BCUT2D eigenvalue weighted by molar-refractivity contribution is 5.62. The Bertz CT molecular complexity index is 449. The fourth-order valence-electron chi connectivity index (χ4n) is 1.44. The third-order valence-electron chi connectivity index (χ3n) is 2.29. The molecule has 1 heterocycles. The Kier molecular flexibility index (Phi) is 2.68. The van der Waals surface area contributed by atoms with Crippen molar-refractivity contribution in [2.75, 3.05) is 5.32 Å². The third-order valence-corrected chi connectivity index (χ3v) is 2.29. The van der Waals surface area contributed by atoms with E-state index in [4.69, 9.17) is 0 Å². The third kappa shape index (κ3) is 2.34. The molecule has 0 fully saturated rings. The highest BCUT2D eigenvalue weighted by Crippen LogP contribution is 2.19. The molecule has 1 N–H and O–H groups in total. The Labute approximate surface area is 90.0 Å². The zero-order valence-corrected chi connectivity index (χ0v) is 8.99. The molecule has 0 atom stereocenters. The molecule has 2 heteroatoms. The van der Waals surface area contributed by atoms with Crippen LogP contribution in [0.5, 0.6) is 0 Å². The Morgan fingerprint density at radius 2 is 1.80 bits per heavy atom. The van der Waals surface area contributed by atoms with Crippen molar-refractivity contribution in [2.45, 2.75) is 13.8 Å². The molecule has 0 bridgehead atoms. The van der Waals surface area contributed by atoms with Crippen molar-refractivity contribution < 1.29 is 0 Å². The predicted octanol–water partition coefficient (Wildman–Crippen LogP) is 3.44. The molecule has 0 radical (unpaired) electrons. The van der Waals surface area contributed by atoms with Gasteiger partial charge in [0.1, 0.15) is 0 Å². The van der Waals surface area contributed by atoms with E-state index < -0.39 is 0 Å². The van der Waals surface area contributed by atoms with Crippen molar-refractivity contribution in [2.24, 2.45) is 0 Å². The Morgan fingerprint density at radius 3 is 2.53 bits per heavy atom. The van der Waals surface area contributed by atoms with Gasteiger partial charge in [0.25, 0.3) is 0 Å². The fourth-order valence-corrected chi connectivity index (χ4v) is 1.44. The van der Waals surface area contributed by atoms with Gasteiger partial charge in [-0.2, -0.15) is 0 Å². The first-order chi connectivity index (χ1) is 7.25. The molecule has 2 aromatic rings. The summed E-state index contributed by atoms with van der Waals surface area (Å²) in [5, 5.41) is 3.37. The van der Waals surface area contributed by atoms with Crippen LogP contribution in [-0.4, -0.2) is 4.98 Å². The topological polar surface area (TPSA) is 24.9 Å². The minimum Gasteiger partial charge on any atom is -0.355 e. The molecule has 0 aliphatic rings. The van der Waals surface area contributed by atoms with Crippen LogP contribution in [0.3, 0.4) is 0 Å². The van der Waals surface area contributed by atoms with Crippen molar-refractivity contribution in [1.29, 1.82) is 0 Å². The second kappa shape index (κ2) is 4.13. The Balaban J connectivity index is 2.28. The van der Waals surface area contributed by atoms with Crippen LogP contribution in [0.15, 0.2) is 42.6 Å². The van der Waals surface area contributed by atoms with Crippen molar-refractivity contribution in [3.05, 3.63) is 53.9 Å². The summed E-state index contributed by atoms with van der Waals surface area (Å²) in [4.78, 5) is 4.24. The lowest BCUT2D eigenvalue weighted by Crippen LogP contribution is -1.94. The maximum atomic E-state index is 4.24. The molecule has 0 aliphatic heterocycles. The molecule has 0 amide bonds. The van der Waals surface area contributed by atoms with Crippen LogP contribution in [0.2, 0.25) is 0 Å². The van der Waals surface area contributed by atoms with Gasteiger partial charge in [-0.1, -0.05) is 18.2 Å². The zero-order chi connectivity index (χ0) is 10.7. The molecule has 0 unspecified atom stereocenters. The lowest BCUT2D eigenvalue weighted by Gasteiger charge is -2.09. The SMILES string of the molecule is Cc1cc(Nc2ccccc2)c(C)cn1. The first-order valence-corrected chi connectivity index (χ1v) is 5.01. The lowest BCUT2D eigenvalue weighted by atomic mass is 10.2. The summed E-state index contributed by atoms with van der Waals surface area (Å²) < 4.78 is 0. The van der Waals surface area contributed by atoms with E-state index in [-0.39, 0.29) is 0 Å². The van der Waals surface area contributed by atoms with Crippen molar-refractivity contribution >= 4 is 11.4 Å². The van der Waals surface area contributed by atoms with Gasteiger partial charge in [0.05, 0.1) is 0 Å². The van der Waals surface area contributed by atoms with Gasteiger partial charge in [-0.25, -0.2) is 0 Å². The number of aryl methyl sites for hydroxylation is 2. The van der Waals surface area contributed by atoms with Gasteiger partial charge in [-0.15, -0.1) is 0 Å². The van der Waals surface area contributed by atoms with Crippen molar-refractivity contribution in [3.8, 4) is 0 Å². The van der Waals surface area contributed by atoms with Crippen LogP contribution in [0, 0.1) is 13.8 Å². The average Bonchev–Trinajstić information content (AvgIpc) is 2.25. The quantitative estimate of drug-likeness (QED) is 0.799. The van der Waals surface area contributed by atoms with E-state index >= 15 is 0 Å². The van der Waals surface area contributed by atoms with Gasteiger partial charge in [0.15, 0.2) is 0 Å². The number of nitrogens with zero attached hydrogens (tertiary/aromatic N) is 1. The normalized spacial score (nSPS) is 10.0. The van der Waals surface area contributed by atoms with E-state index in [0.717, 1.165) is 22.6 Å². The molecule has 1 aromatic carbocycles.